The van der Waals surface area contributed by atoms with Gasteiger partial charge in [-0.15, -0.1) is 0 Å². The van der Waals surface area contributed by atoms with Crippen LogP contribution in [0.15, 0.2) is 59.4 Å². The van der Waals surface area contributed by atoms with Gasteiger partial charge in [0.1, 0.15) is 5.75 Å². The largest absolute Gasteiger partial charge is 0.497 e. The van der Waals surface area contributed by atoms with E-state index in [0.717, 1.165) is 16.9 Å². The molecule has 0 aliphatic carbocycles. The molecule has 0 amide bonds. The molecule has 1 heterocycles. The van der Waals surface area contributed by atoms with Crippen molar-refractivity contribution in [3.05, 3.63) is 70.0 Å². The lowest BCUT2D eigenvalue weighted by molar-refractivity contribution is 0.415. The highest BCUT2D eigenvalue weighted by atomic mass is 35.5. The first-order valence-corrected chi connectivity index (χ1v) is 7.05. The lowest BCUT2D eigenvalue weighted by atomic mass is 10.0. The SMILES string of the molecule is COc1ccc(-c2cc(-c3ccc(Cl)cc3)n[nH]c2=O)cc1. The van der Waals surface area contributed by atoms with Gasteiger partial charge in [0.25, 0.3) is 5.56 Å². The number of rotatable bonds is 3. The van der Waals surface area contributed by atoms with Crippen LogP contribution in [0.5, 0.6) is 5.75 Å². The van der Waals surface area contributed by atoms with Crippen molar-refractivity contribution < 1.29 is 4.74 Å². The van der Waals surface area contributed by atoms with Crippen LogP contribution >= 0.6 is 11.6 Å². The summed E-state index contributed by atoms with van der Waals surface area (Å²) < 4.78 is 5.13. The highest BCUT2D eigenvalue weighted by molar-refractivity contribution is 6.30. The number of aromatic nitrogens is 2. The van der Waals surface area contributed by atoms with Gasteiger partial charge in [-0.3, -0.25) is 4.79 Å². The second kappa shape index (κ2) is 6.03. The van der Waals surface area contributed by atoms with Crippen LogP contribution in [0.3, 0.4) is 0 Å². The van der Waals surface area contributed by atoms with Crippen molar-refractivity contribution >= 4 is 11.6 Å². The Morgan fingerprint density at radius 2 is 1.64 bits per heavy atom. The van der Waals surface area contributed by atoms with E-state index in [9.17, 15) is 4.79 Å². The zero-order chi connectivity index (χ0) is 15.5. The van der Waals surface area contributed by atoms with Crippen molar-refractivity contribution in [1.29, 1.82) is 0 Å². The van der Waals surface area contributed by atoms with Crippen LogP contribution in [0.25, 0.3) is 22.4 Å². The first-order chi connectivity index (χ1) is 10.7. The minimum Gasteiger partial charge on any atom is -0.497 e. The maximum atomic E-state index is 12.0. The molecule has 3 aromatic rings. The fourth-order valence-corrected chi connectivity index (χ4v) is 2.29. The molecule has 22 heavy (non-hydrogen) atoms. The fraction of sp³-hybridized carbons (Fsp3) is 0.0588. The zero-order valence-corrected chi connectivity index (χ0v) is 12.6. The molecule has 2 aromatic carbocycles. The minimum atomic E-state index is -0.233. The number of benzene rings is 2. The minimum absolute atomic E-state index is 0.233. The summed E-state index contributed by atoms with van der Waals surface area (Å²) in [6.45, 7) is 0. The highest BCUT2D eigenvalue weighted by Gasteiger charge is 2.08. The van der Waals surface area contributed by atoms with E-state index in [1.165, 1.54) is 0 Å². The number of hydrogen-bond donors (Lipinski definition) is 1. The normalized spacial score (nSPS) is 10.5. The molecule has 0 unspecified atom stereocenters. The van der Waals surface area contributed by atoms with Gasteiger partial charge in [0, 0.05) is 10.6 Å². The van der Waals surface area contributed by atoms with E-state index in [0.29, 0.717) is 16.3 Å². The van der Waals surface area contributed by atoms with E-state index < -0.39 is 0 Å². The Bertz CT molecular complexity index is 840. The van der Waals surface area contributed by atoms with E-state index >= 15 is 0 Å². The van der Waals surface area contributed by atoms with Crippen LogP contribution in [0.1, 0.15) is 0 Å². The molecule has 1 N–H and O–H groups in total. The smallest absolute Gasteiger partial charge is 0.272 e. The third kappa shape index (κ3) is 2.87. The van der Waals surface area contributed by atoms with E-state index in [1.807, 2.05) is 36.4 Å². The van der Waals surface area contributed by atoms with Crippen LogP contribution < -0.4 is 10.3 Å². The van der Waals surface area contributed by atoms with Gasteiger partial charge in [-0.2, -0.15) is 5.10 Å². The molecule has 0 spiro atoms. The Hall–Kier alpha value is -2.59. The quantitative estimate of drug-likeness (QED) is 0.801. The molecule has 5 heteroatoms. The Labute approximate surface area is 132 Å². The van der Waals surface area contributed by atoms with Gasteiger partial charge < -0.3 is 4.74 Å². The number of aromatic amines is 1. The molecule has 0 saturated carbocycles. The van der Waals surface area contributed by atoms with Gasteiger partial charge in [-0.1, -0.05) is 35.9 Å². The number of methoxy groups -OCH3 is 1. The molecule has 3 rings (SSSR count). The molecule has 0 aliphatic heterocycles. The average Bonchev–Trinajstić information content (AvgIpc) is 2.56. The molecular formula is C17H13ClN2O2. The zero-order valence-electron chi connectivity index (χ0n) is 11.8. The monoisotopic (exact) mass is 312 g/mol. The Morgan fingerprint density at radius 1 is 1.00 bits per heavy atom. The molecule has 4 nitrogen and oxygen atoms in total. The van der Waals surface area contributed by atoms with Crippen molar-refractivity contribution in [3.63, 3.8) is 0 Å². The number of hydrogen-bond acceptors (Lipinski definition) is 3. The molecule has 0 aliphatic rings. The molecule has 0 fully saturated rings. The number of ether oxygens (including phenoxy) is 1. The second-order valence-corrected chi connectivity index (χ2v) is 5.17. The van der Waals surface area contributed by atoms with Crippen LogP contribution in [0.4, 0.5) is 0 Å². The average molecular weight is 313 g/mol. The molecule has 0 saturated heterocycles. The molecule has 0 radical (unpaired) electrons. The molecule has 0 atom stereocenters. The number of halogens is 1. The van der Waals surface area contributed by atoms with Gasteiger partial charge in [0.15, 0.2) is 0 Å². The predicted molar refractivity (Wildman–Crippen MR) is 87.3 cm³/mol. The lowest BCUT2D eigenvalue weighted by Crippen LogP contribution is -2.11. The molecule has 0 bridgehead atoms. The Morgan fingerprint density at radius 3 is 2.27 bits per heavy atom. The van der Waals surface area contributed by atoms with E-state index in [4.69, 9.17) is 16.3 Å². The summed E-state index contributed by atoms with van der Waals surface area (Å²) in [5.41, 5.74) is 2.70. The topological polar surface area (TPSA) is 55.0 Å². The van der Waals surface area contributed by atoms with Gasteiger partial charge in [-0.05, 0) is 35.9 Å². The predicted octanol–water partition coefficient (Wildman–Crippen LogP) is 3.77. The van der Waals surface area contributed by atoms with Gasteiger partial charge in [0.05, 0.1) is 18.4 Å². The summed E-state index contributed by atoms with van der Waals surface area (Å²) in [7, 11) is 1.60. The standard InChI is InChI=1S/C17H13ClN2O2/c1-22-14-8-4-11(5-9-14)15-10-16(19-20-17(15)21)12-2-6-13(18)7-3-12/h2-10H,1H3,(H,20,21). The number of nitrogens with zero attached hydrogens (tertiary/aromatic N) is 1. The van der Waals surface area contributed by atoms with Gasteiger partial charge in [0.2, 0.25) is 0 Å². The second-order valence-electron chi connectivity index (χ2n) is 4.73. The van der Waals surface area contributed by atoms with Gasteiger partial charge >= 0.3 is 0 Å². The van der Waals surface area contributed by atoms with E-state index in [1.54, 1.807) is 25.3 Å². The maximum Gasteiger partial charge on any atom is 0.272 e. The van der Waals surface area contributed by atoms with Crippen molar-refractivity contribution in [1.82, 2.24) is 10.2 Å². The Kier molecular flexibility index (Phi) is 3.94. The summed E-state index contributed by atoms with van der Waals surface area (Å²) in [5.74, 6) is 0.743. The van der Waals surface area contributed by atoms with Crippen molar-refractivity contribution in [2.45, 2.75) is 0 Å². The summed E-state index contributed by atoms with van der Waals surface area (Å²) in [4.78, 5) is 12.0. The van der Waals surface area contributed by atoms with Crippen molar-refractivity contribution in [2.24, 2.45) is 0 Å². The first kappa shape index (κ1) is 14.4. The number of nitrogens with one attached hydrogen (secondary N) is 1. The van der Waals surface area contributed by atoms with Crippen LogP contribution in [0.2, 0.25) is 5.02 Å². The highest BCUT2D eigenvalue weighted by Crippen LogP contribution is 2.24. The van der Waals surface area contributed by atoms with Crippen LogP contribution in [0, 0.1) is 0 Å². The third-order valence-electron chi connectivity index (χ3n) is 3.34. The summed E-state index contributed by atoms with van der Waals surface area (Å²) >= 11 is 5.89. The number of H-pyrrole nitrogens is 1. The first-order valence-electron chi connectivity index (χ1n) is 6.67. The summed E-state index contributed by atoms with van der Waals surface area (Å²) in [5, 5.41) is 7.29. The maximum absolute atomic E-state index is 12.0. The van der Waals surface area contributed by atoms with E-state index in [-0.39, 0.29) is 5.56 Å². The summed E-state index contributed by atoms with van der Waals surface area (Å²) in [6.07, 6.45) is 0. The molecule has 110 valence electrons. The molecule has 1 aromatic heterocycles. The molecular weight excluding hydrogens is 300 g/mol. The third-order valence-corrected chi connectivity index (χ3v) is 3.60. The van der Waals surface area contributed by atoms with E-state index in [2.05, 4.69) is 10.2 Å². The van der Waals surface area contributed by atoms with Crippen molar-refractivity contribution in [3.8, 4) is 28.1 Å². The summed E-state index contributed by atoms with van der Waals surface area (Å²) in [6, 6.07) is 16.4. The van der Waals surface area contributed by atoms with Crippen molar-refractivity contribution in [2.75, 3.05) is 7.11 Å². The van der Waals surface area contributed by atoms with Crippen LogP contribution in [-0.4, -0.2) is 17.3 Å². The van der Waals surface area contributed by atoms with Crippen LogP contribution in [-0.2, 0) is 0 Å². The lowest BCUT2D eigenvalue weighted by Gasteiger charge is -2.05. The Balaban J connectivity index is 2.06. The van der Waals surface area contributed by atoms with Gasteiger partial charge in [-0.25, -0.2) is 5.10 Å². The fourth-order valence-electron chi connectivity index (χ4n) is 2.16.